The summed E-state index contributed by atoms with van der Waals surface area (Å²) in [5, 5.41) is 14.2. The van der Waals surface area contributed by atoms with Gasteiger partial charge < -0.3 is 24.5 Å². The Bertz CT molecular complexity index is 1200. The van der Waals surface area contributed by atoms with Gasteiger partial charge in [-0.15, -0.1) is 0 Å². The van der Waals surface area contributed by atoms with Crippen LogP contribution in [0.2, 0.25) is 0 Å². The van der Waals surface area contributed by atoms with Gasteiger partial charge in [-0.3, -0.25) is 4.79 Å². The predicted octanol–water partition coefficient (Wildman–Crippen LogP) is 1.71. The Morgan fingerprint density at radius 3 is 2.32 bits per heavy atom. The normalized spacial score (nSPS) is 10.8. The number of nitrogens with one attached hydrogen (secondary N) is 1. The molecular formula is C30H37N2NaO4. The number of methoxy groups -OCH3 is 1. The molecule has 7 heteroatoms. The number of ketones is 1. The Kier molecular flexibility index (Phi) is 12.0. The zero-order chi connectivity index (χ0) is 26.2. The molecule has 0 atom stereocenters. The number of carbonyl (C=O) groups excluding carboxylic acids is 2. The van der Waals surface area contributed by atoms with Crippen LogP contribution in [-0.2, 0) is 37.6 Å². The number of nitrogens with zero attached hydrogens (tertiary/aromatic N) is 1. The molecule has 0 aliphatic rings. The fourth-order valence-electron chi connectivity index (χ4n) is 4.58. The molecule has 3 rings (SSSR count). The van der Waals surface area contributed by atoms with Crippen LogP contribution in [0.1, 0.15) is 72.0 Å². The zero-order valence-corrected chi connectivity index (χ0v) is 25.0. The first-order valence-electron chi connectivity index (χ1n) is 12.6. The van der Waals surface area contributed by atoms with Crippen molar-refractivity contribution in [2.24, 2.45) is 13.0 Å². The van der Waals surface area contributed by atoms with Crippen molar-refractivity contribution in [3.63, 3.8) is 0 Å². The van der Waals surface area contributed by atoms with Crippen LogP contribution >= 0.6 is 0 Å². The number of carboxylic acids is 1. The number of aliphatic carboxylic acids is 1. The van der Waals surface area contributed by atoms with Gasteiger partial charge in [-0.1, -0.05) is 45.0 Å². The first-order valence-corrected chi connectivity index (χ1v) is 12.6. The van der Waals surface area contributed by atoms with Gasteiger partial charge in [0.05, 0.1) is 12.8 Å². The van der Waals surface area contributed by atoms with E-state index in [1.165, 1.54) is 5.56 Å². The minimum Gasteiger partial charge on any atom is -0.550 e. The molecule has 3 aromatic rings. The van der Waals surface area contributed by atoms with Gasteiger partial charge in [0.1, 0.15) is 5.75 Å². The van der Waals surface area contributed by atoms with Crippen LogP contribution in [0.25, 0.3) is 0 Å². The van der Waals surface area contributed by atoms with E-state index in [9.17, 15) is 14.7 Å². The zero-order valence-electron chi connectivity index (χ0n) is 23.0. The monoisotopic (exact) mass is 512 g/mol. The van der Waals surface area contributed by atoms with Gasteiger partial charge in [0, 0.05) is 42.1 Å². The first-order chi connectivity index (χ1) is 17.2. The third-order valence-electron chi connectivity index (χ3n) is 6.46. The summed E-state index contributed by atoms with van der Waals surface area (Å²) in [5.74, 6) is 0.183. The van der Waals surface area contributed by atoms with E-state index in [0.29, 0.717) is 48.6 Å². The number of rotatable bonds is 13. The Balaban J connectivity index is 0.00000481. The topological polar surface area (TPSA) is 83.4 Å². The van der Waals surface area contributed by atoms with E-state index in [1.54, 1.807) is 13.2 Å². The second-order valence-electron chi connectivity index (χ2n) is 9.65. The summed E-state index contributed by atoms with van der Waals surface area (Å²) in [7, 11) is 3.55. The maximum atomic E-state index is 13.5. The first kappa shape index (κ1) is 30.7. The number of aromatic nitrogens is 1. The maximum Gasteiger partial charge on any atom is 1.00 e. The molecule has 1 N–H and O–H groups in total. The molecule has 37 heavy (non-hydrogen) atoms. The van der Waals surface area contributed by atoms with Gasteiger partial charge in [-0.05, 0) is 73.4 Å². The van der Waals surface area contributed by atoms with Crippen LogP contribution < -0.4 is 44.7 Å². The molecule has 0 aliphatic carbocycles. The number of hydrogen-bond donors (Lipinski definition) is 1. The minimum absolute atomic E-state index is 0. The van der Waals surface area contributed by atoms with Gasteiger partial charge in [-0.2, -0.15) is 0 Å². The quantitative estimate of drug-likeness (QED) is 0.279. The molecule has 1 aromatic heterocycles. The summed E-state index contributed by atoms with van der Waals surface area (Å²) in [5.41, 5.74) is 6.36. The van der Waals surface area contributed by atoms with Crippen LogP contribution in [0.3, 0.4) is 0 Å². The number of carbonyl (C=O) groups is 2. The molecule has 0 aliphatic heterocycles. The Hall–Kier alpha value is -2.54. The molecule has 0 amide bonds. The minimum atomic E-state index is -1.05. The standard InChI is InChI=1S/C30H38N2O4.Na/c1-6-27-25(18-24(32(27)4)8-7-9-29(33)34)30(35)23-14-15-28(36-5)26(17-23)31-19-22-12-10-21(11-13-22)16-20(2)3;/h10-15,17-18,20,31H,6-9,16,19H2,1-5H3,(H,33,34);/q;+1/p-1. The summed E-state index contributed by atoms with van der Waals surface area (Å²) in [6.07, 6.45) is 2.82. The van der Waals surface area contributed by atoms with Crippen LogP contribution in [0.5, 0.6) is 5.75 Å². The summed E-state index contributed by atoms with van der Waals surface area (Å²) < 4.78 is 7.55. The molecule has 0 saturated carbocycles. The molecule has 0 bridgehead atoms. The molecule has 2 aromatic carbocycles. The Labute approximate surface area is 242 Å². The van der Waals surface area contributed by atoms with Crippen molar-refractivity contribution in [1.82, 2.24) is 4.57 Å². The van der Waals surface area contributed by atoms with Crippen molar-refractivity contribution in [3.05, 3.63) is 82.2 Å². The maximum absolute atomic E-state index is 13.5. The molecule has 192 valence electrons. The molecule has 0 unspecified atom stereocenters. The van der Waals surface area contributed by atoms with Crippen molar-refractivity contribution < 1.29 is 49.0 Å². The molecule has 1 heterocycles. The Morgan fingerprint density at radius 2 is 1.73 bits per heavy atom. The van der Waals surface area contributed by atoms with Gasteiger partial charge in [0.25, 0.3) is 0 Å². The number of benzene rings is 2. The Morgan fingerprint density at radius 1 is 1.05 bits per heavy atom. The fraction of sp³-hybridized carbons (Fsp3) is 0.400. The summed E-state index contributed by atoms with van der Waals surface area (Å²) in [6.45, 7) is 7.06. The van der Waals surface area contributed by atoms with E-state index >= 15 is 0 Å². The van der Waals surface area contributed by atoms with E-state index < -0.39 is 5.97 Å². The molecule has 0 spiro atoms. The second kappa shape index (κ2) is 14.4. The van der Waals surface area contributed by atoms with Crippen molar-refractivity contribution in [1.29, 1.82) is 0 Å². The average Bonchev–Trinajstić information content (AvgIpc) is 3.17. The average molecular weight is 513 g/mol. The SMILES string of the molecule is CCc1c(C(=O)c2ccc(OC)c(NCc3ccc(CC(C)C)cc3)c2)cc(CCCC(=O)[O-])n1C.[Na+]. The molecule has 0 radical (unpaired) electrons. The predicted molar refractivity (Wildman–Crippen MR) is 141 cm³/mol. The van der Waals surface area contributed by atoms with E-state index in [1.807, 2.05) is 36.7 Å². The smallest absolute Gasteiger partial charge is 0.550 e. The van der Waals surface area contributed by atoms with Crippen LogP contribution in [-0.4, -0.2) is 23.4 Å². The van der Waals surface area contributed by atoms with E-state index in [0.717, 1.165) is 29.1 Å². The summed E-state index contributed by atoms with van der Waals surface area (Å²) >= 11 is 0. The van der Waals surface area contributed by atoms with Crippen LogP contribution in [0.15, 0.2) is 48.5 Å². The third kappa shape index (κ3) is 8.22. The van der Waals surface area contributed by atoms with Gasteiger partial charge in [-0.25, -0.2) is 0 Å². The second-order valence-corrected chi connectivity index (χ2v) is 9.65. The van der Waals surface area contributed by atoms with Gasteiger partial charge in [0.2, 0.25) is 0 Å². The van der Waals surface area contributed by atoms with Crippen molar-refractivity contribution in [2.75, 3.05) is 12.4 Å². The van der Waals surface area contributed by atoms with Crippen LogP contribution in [0, 0.1) is 5.92 Å². The molecular weight excluding hydrogens is 475 g/mol. The largest absolute Gasteiger partial charge is 1.00 e. The van der Waals surface area contributed by atoms with E-state index in [-0.39, 0.29) is 41.8 Å². The van der Waals surface area contributed by atoms with Crippen molar-refractivity contribution >= 4 is 17.4 Å². The number of aryl methyl sites for hydroxylation is 1. The number of ether oxygens (including phenoxy) is 1. The van der Waals surface area contributed by atoms with Gasteiger partial charge in [0.15, 0.2) is 5.78 Å². The third-order valence-corrected chi connectivity index (χ3v) is 6.46. The van der Waals surface area contributed by atoms with Crippen molar-refractivity contribution in [2.45, 2.75) is 59.4 Å². The summed E-state index contributed by atoms with van der Waals surface area (Å²) in [6, 6.07) is 15.9. The molecule has 0 fully saturated rings. The van der Waals surface area contributed by atoms with Crippen molar-refractivity contribution in [3.8, 4) is 5.75 Å². The molecule has 0 saturated heterocycles. The summed E-state index contributed by atoms with van der Waals surface area (Å²) in [4.78, 5) is 24.3. The fourth-order valence-corrected chi connectivity index (χ4v) is 4.58. The number of carboxylic acid groups (broad SMARTS) is 1. The van der Waals surface area contributed by atoms with E-state index in [2.05, 4.69) is 43.4 Å². The van der Waals surface area contributed by atoms with Crippen LogP contribution in [0.4, 0.5) is 5.69 Å². The number of hydrogen-bond acceptors (Lipinski definition) is 5. The van der Waals surface area contributed by atoms with Gasteiger partial charge >= 0.3 is 29.6 Å². The van der Waals surface area contributed by atoms with E-state index in [4.69, 9.17) is 4.74 Å². The number of anilines is 1. The molecule has 6 nitrogen and oxygen atoms in total.